The van der Waals surface area contributed by atoms with E-state index < -0.39 is 11.7 Å². The topological polar surface area (TPSA) is 93.6 Å². The van der Waals surface area contributed by atoms with Crippen molar-refractivity contribution in [2.24, 2.45) is 16.6 Å². The maximum atomic E-state index is 15.4. The number of hydrogen-bond donors (Lipinski definition) is 1. The summed E-state index contributed by atoms with van der Waals surface area (Å²) in [6.07, 6.45) is 6.07. The van der Waals surface area contributed by atoms with Crippen molar-refractivity contribution in [1.82, 2.24) is 14.5 Å². The molecule has 5 rings (SSSR count). The highest BCUT2D eigenvalue weighted by atomic mass is 35.5. The number of allylic oxidation sites excluding steroid dienone is 1. The lowest BCUT2D eigenvalue weighted by molar-refractivity contribution is 0.0823. The molecule has 2 aliphatic rings. The van der Waals surface area contributed by atoms with Gasteiger partial charge in [-0.25, -0.2) is 4.39 Å². The average molecular weight is 548 g/mol. The Hall–Kier alpha value is -3.78. The van der Waals surface area contributed by atoms with Gasteiger partial charge in [0.05, 0.1) is 16.9 Å². The van der Waals surface area contributed by atoms with Gasteiger partial charge in [0.2, 0.25) is 0 Å². The molecule has 39 heavy (non-hydrogen) atoms. The van der Waals surface area contributed by atoms with Crippen molar-refractivity contribution in [2.45, 2.75) is 39.0 Å². The van der Waals surface area contributed by atoms with Gasteiger partial charge in [-0.1, -0.05) is 17.7 Å². The van der Waals surface area contributed by atoms with Gasteiger partial charge < -0.3 is 10.6 Å². The van der Waals surface area contributed by atoms with Crippen LogP contribution in [0.25, 0.3) is 16.9 Å². The summed E-state index contributed by atoms with van der Waals surface area (Å²) in [6, 6.07) is 8.25. The Labute approximate surface area is 231 Å². The molecule has 1 aromatic carbocycles. The third-order valence-electron chi connectivity index (χ3n) is 7.56. The van der Waals surface area contributed by atoms with Crippen LogP contribution in [0.2, 0.25) is 5.02 Å². The molecule has 0 radical (unpaired) electrons. The van der Waals surface area contributed by atoms with E-state index in [-0.39, 0.29) is 33.5 Å². The quantitative estimate of drug-likeness (QED) is 0.459. The summed E-state index contributed by atoms with van der Waals surface area (Å²) in [5.41, 5.74) is 11.0. The molecule has 7 nitrogen and oxygen atoms in total. The van der Waals surface area contributed by atoms with E-state index in [1.807, 2.05) is 19.9 Å². The van der Waals surface area contributed by atoms with Crippen molar-refractivity contribution in [2.75, 3.05) is 20.6 Å². The smallest absolute Gasteiger partial charge is 0.274 e. The van der Waals surface area contributed by atoms with Gasteiger partial charge in [-0.2, -0.15) is 0 Å². The Morgan fingerprint density at radius 3 is 2.69 bits per heavy atom. The number of nitrogens with zero attached hydrogens (tertiary/aromatic N) is 4. The van der Waals surface area contributed by atoms with Crippen LogP contribution >= 0.6 is 11.6 Å². The van der Waals surface area contributed by atoms with Gasteiger partial charge in [0.25, 0.3) is 11.5 Å². The van der Waals surface area contributed by atoms with Crippen molar-refractivity contribution in [3.63, 3.8) is 0 Å². The van der Waals surface area contributed by atoms with Gasteiger partial charge in [-0.05, 0) is 92.1 Å². The second kappa shape index (κ2) is 10.4. The first-order valence-corrected chi connectivity index (χ1v) is 13.4. The van der Waals surface area contributed by atoms with Crippen LogP contribution in [-0.4, -0.2) is 46.7 Å². The van der Waals surface area contributed by atoms with Crippen LogP contribution in [0.4, 0.5) is 4.39 Å². The van der Waals surface area contributed by atoms with Gasteiger partial charge in [-0.15, -0.1) is 0 Å². The lowest BCUT2D eigenvalue weighted by Crippen LogP contribution is -2.24. The molecule has 3 aromatic rings. The molecule has 0 unspecified atom stereocenters. The van der Waals surface area contributed by atoms with E-state index in [1.54, 1.807) is 44.7 Å². The first-order valence-electron chi connectivity index (χ1n) is 13.0. The molecule has 202 valence electrons. The summed E-state index contributed by atoms with van der Waals surface area (Å²) in [4.78, 5) is 36.4. The number of hydrogen-bond acceptors (Lipinski definition) is 5. The fraction of sp³-hybridized carbons (Fsp3) is 0.333. The Bertz CT molecular complexity index is 1610. The van der Waals surface area contributed by atoms with Crippen LogP contribution in [0.3, 0.4) is 0 Å². The zero-order chi connectivity index (χ0) is 28.0. The molecule has 2 aromatic heterocycles. The molecule has 1 amide bonds. The van der Waals surface area contributed by atoms with E-state index in [0.29, 0.717) is 17.1 Å². The molecule has 0 saturated heterocycles. The number of benzene rings is 1. The van der Waals surface area contributed by atoms with Crippen molar-refractivity contribution < 1.29 is 9.18 Å². The first kappa shape index (κ1) is 26.8. The Balaban J connectivity index is 1.53. The van der Waals surface area contributed by atoms with Crippen molar-refractivity contribution in [1.29, 1.82) is 0 Å². The number of carbonyl (C=O) groups is 1. The minimum atomic E-state index is -0.661. The zero-order valence-electron chi connectivity index (χ0n) is 22.5. The number of halogens is 2. The van der Waals surface area contributed by atoms with Gasteiger partial charge >= 0.3 is 0 Å². The standard InChI is InChI=1S/C30H31ClFN5O2/c1-16-15-35-25(18-7-5-8-19(28(18)32)29(38)36(3)4)13-26(16)37-17(2)11-22(27(31)30(37)39)20-12-21(20)23(14-33)24-9-6-10-34-24/h5,7-8,11,13-15,20-21H,6,9-10,12,33H2,1-4H3/b23-14-/t20-,21-/m0/s1. The molecule has 1 aliphatic heterocycles. The molecule has 1 saturated carbocycles. The van der Waals surface area contributed by atoms with Crippen LogP contribution in [0.5, 0.6) is 0 Å². The lowest BCUT2D eigenvalue weighted by atomic mass is 10.00. The Kier molecular flexibility index (Phi) is 7.16. The van der Waals surface area contributed by atoms with Crippen molar-refractivity contribution in [3.8, 4) is 16.9 Å². The summed E-state index contributed by atoms with van der Waals surface area (Å²) in [7, 11) is 3.14. The van der Waals surface area contributed by atoms with Gasteiger partial charge in [0, 0.05) is 43.8 Å². The highest BCUT2D eigenvalue weighted by Gasteiger charge is 2.44. The number of rotatable bonds is 6. The van der Waals surface area contributed by atoms with E-state index >= 15 is 4.39 Å². The number of aryl methyl sites for hydroxylation is 2. The largest absolute Gasteiger partial charge is 0.404 e. The lowest BCUT2D eigenvalue weighted by Gasteiger charge is -2.17. The summed E-state index contributed by atoms with van der Waals surface area (Å²) >= 11 is 6.72. The maximum Gasteiger partial charge on any atom is 0.274 e. The van der Waals surface area contributed by atoms with Crippen LogP contribution in [0, 0.1) is 25.6 Å². The number of amides is 1. The molecule has 3 heterocycles. The molecular weight excluding hydrogens is 517 g/mol. The van der Waals surface area contributed by atoms with Crippen molar-refractivity contribution in [3.05, 3.63) is 91.9 Å². The van der Waals surface area contributed by atoms with Crippen LogP contribution in [0.15, 0.2) is 58.1 Å². The van der Waals surface area contributed by atoms with E-state index in [1.165, 1.54) is 15.5 Å². The fourth-order valence-electron chi connectivity index (χ4n) is 5.43. The molecule has 0 spiro atoms. The number of pyridine rings is 2. The minimum Gasteiger partial charge on any atom is -0.404 e. The number of nitrogens with two attached hydrogens (primary N) is 1. The van der Waals surface area contributed by atoms with E-state index in [4.69, 9.17) is 17.3 Å². The van der Waals surface area contributed by atoms with E-state index in [2.05, 4.69) is 9.98 Å². The summed E-state index contributed by atoms with van der Waals surface area (Å²) < 4.78 is 17.0. The Morgan fingerprint density at radius 1 is 1.26 bits per heavy atom. The predicted molar refractivity (Wildman–Crippen MR) is 152 cm³/mol. The second-order valence-electron chi connectivity index (χ2n) is 10.4. The molecular formula is C30H31ClFN5O2. The predicted octanol–water partition coefficient (Wildman–Crippen LogP) is 5.19. The van der Waals surface area contributed by atoms with Crippen LogP contribution < -0.4 is 11.3 Å². The number of carbonyl (C=O) groups excluding carboxylic acids is 1. The molecule has 1 fully saturated rings. The third kappa shape index (κ3) is 4.78. The van der Waals surface area contributed by atoms with Gasteiger partial charge in [0.15, 0.2) is 0 Å². The molecule has 2 N–H and O–H groups in total. The fourth-order valence-corrected chi connectivity index (χ4v) is 5.71. The minimum absolute atomic E-state index is 0.0457. The number of aliphatic imine (C=N–C) groups is 1. The van der Waals surface area contributed by atoms with Crippen LogP contribution in [0.1, 0.15) is 52.4 Å². The van der Waals surface area contributed by atoms with E-state index in [0.717, 1.165) is 48.2 Å². The van der Waals surface area contributed by atoms with Gasteiger partial charge in [-0.3, -0.25) is 24.1 Å². The second-order valence-corrected chi connectivity index (χ2v) is 10.8. The summed E-state index contributed by atoms with van der Waals surface area (Å²) in [5, 5.41) is 0.167. The first-order chi connectivity index (χ1) is 18.6. The highest BCUT2D eigenvalue weighted by Crippen LogP contribution is 2.53. The summed E-state index contributed by atoms with van der Waals surface area (Å²) in [5.74, 6) is -0.793. The highest BCUT2D eigenvalue weighted by molar-refractivity contribution is 6.31. The molecule has 9 heteroatoms. The molecule has 2 atom stereocenters. The van der Waals surface area contributed by atoms with Crippen LogP contribution in [-0.2, 0) is 0 Å². The zero-order valence-corrected chi connectivity index (χ0v) is 23.2. The average Bonchev–Trinajstić information content (AvgIpc) is 3.49. The SMILES string of the molecule is Cc1cnc(-c2cccc(C(=O)N(C)C)c2F)cc1-n1c(C)cc([C@H]2C[C@@H]2/C(=C/N)C2=NCCC2)c(Cl)c1=O. The third-order valence-corrected chi connectivity index (χ3v) is 7.94. The number of aromatic nitrogens is 2. The normalized spacial score (nSPS) is 18.7. The Morgan fingerprint density at radius 2 is 2.03 bits per heavy atom. The monoisotopic (exact) mass is 547 g/mol. The maximum absolute atomic E-state index is 15.4. The molecule has 1 aliphatic carbocycles. The van der Waals surface area contributed by atoms with E-state index in [9.17, 15) is 9.59 Å². The van der Waals surface area contributed by atoms with Gasteiger partial charge in [0.1, 0.15) is 10.8 Å². The molecule has 0 bridgehead atoms. The summed E-state index contributed by atoms with van der Waals surface area (Å²) in [6.45, 7) is 4.52. The van der Waals surface area contributed by atoms with Crippen molar-refractivity contribution >= 4 is 23.2 Å².